The number of pyridine rings is 1. The van der Waals surface area contributed by atoms with Crippen LogP contribution >= 0.6 is 15.9 Å². The number of alkyl halides is 1. The van der Waals surface area contributed by atoms with Crippen molar-refractivity contribution < 1.29 is 4.79 Å². The van der Waals surface area contributed by atoms with Crippen LogP contribution in [0.2, 0.25) is 0 Å². The monoisotopic (exact) mass is 239 g/mol. The van der Waals surface area contributed by atoms with E-state index in [2.05, 4.69) is 20.9 Å². The van der Waals surface area contributed by atoms with E-state index >= 15 is 0 Å². The standard InChI is InChI=1S/C10H10BrNO/c11-6-2-1-5-10-9(8-13)4-3-7-12-10/h1,3-5,7-8H,2,6H2. The Labute approximate surface area is 85.8 Å². The lowest BCUT2D eigenvalue weighted by molar-refractivity contribution is 0.112. The molecular formula is C10H10BrNO. The maximum absolute atomic E-state index is 10.6. The second kappa shape index (κ2) is 5.65. The SMILES string of the molecule is O=Cc1cccnc1C=CCCBr. The Morgan fingerprint density at radius 3 is 3.08 bits per heavy atom. The minimum Gasteiger partial charge on any atom is -0.298 e. The number of carbonyl (C=O) groups excluding carboxylic acids is 1. The minimum atomic E-state index is 0.633. The lowest BCUT2D eigenvalue weighted by atomic mass is 10.2. The van der Waals surface area contributed by atoms with Crippen LogP contribution in [0.4, 0.5) is 0 Å². The number of hydrogen-bond acceptors (Lipinski definition) is 2. The molecule has 0 aliphatic rings. The van der Waals surface area contributed by atoms with Crippen molar-refractivity contribution in [2.24, 2.45) is 0 Å². The molecule has 1 rings (SSSR count). The molecule has 0 fully saturated rings. The van der Waals surface area contributed by atoms with Crippen LogP contribution in [0.3, 0.4) is 0 Å². The molecule has 0 amide bonds. The maximum atomic E-state index is 10.6. The molecule has 0 spiro atoms. The van der Waals surface area contributed by atoms with Gasteiger partial charge in [0.2, 0.25) is 0 Å². The molecule has 0 saturated carbocycles. The third-order valence-corrected chi connectivity index (χ3v) is 2.01. The van der Waals surface area contributed by atoms with Crippen LogP contribution in [0.15, 0.2) is 24.4 Å². The Bertz CT molecular complexity index is 310. The van der Waals surface area contributed by atoms with Gasteiger partial charge in [0.1, 0.15) is 0 Å². The van der Waals surface area contributed by atoms with Gasteiger partial charge in [-0.15, -0.1) is 0 Å². The fraction of sp³-hybridized carbons (Fsp3) is 0.200. The van der Waals surface area contributed by atoms with E-state index in [1.54, 1.807) is 18.3 Å². The summed E-state index contributed by atoms with van der Waals surface area (Å²) in [6.07, 6.45) is 7.30. The average molecular weight is 240 g/mol. The number of hydrogen-bond donors (Lipinski definition) is 0. The van der Waals surface area contributed by atoms with Gasteiger partial charge in [0.25, 0.3) is 0 Å². The van der Waals surface area contributed by atoms with Gasteiger partial charge in [-0.2, -0.15) is 0 Å². The van der Waals surface area contributed by atoms with Crippen molar-refractivity contribution in [3.05, 3.63) is 35.7 Å². The van der Waals surface area contributed by atoms with Crippen LogP contribution in [0.5, 0.6) is 0 Å². The van der Waals surface area contributed by atoms with E-state index in [9.17, 15) is 4.79 Å². The van der Waals surface area contributed by atoms with Gasteiger partial charge >= 0.3 is 0 Å². The largest absolute Gasteiger partial charge is 0.298 e. The smallest absolute Gasteiger partial charge is 0.152 e. The van der Waals surface area contributed by atoms with E-state index in [0.717, 1.165) is 23.7 Å². The minimum absolute atomic E-state index is 0.633. The van der Waals surface area contributed by atoms with E-state index in [0.29, 0.717) is 5.56 Å². The molecule has 3 heteroatoms. The molecule has 0 aliphatic carbocycles. The molecule has 1 heterocycles. The number of rotatable bonds is 4. The van der Waals surface area contributed by atoms with Crippen LogP contribution in [0.25, 0.3) is 6.08 Å². The Kier molecular flexibility index (Phi) is 4.40. The van der Waals surface area contributed by atoms with Gasteiger partial charge in [-0.25, -0.2) is 0 Å². The Balaban J connectivity index is 2.80. The molecule has 1 aromatic rings. The molecule has 0 N–H and O–H groups in total. The zero-order chi connectivity index (χ0) is 9.52. The molecule has 0 atom stereocenters. The highest BCUT2D eigenvalue weighted by Gasteiger charge is 1.95. The highest BCUT2D eigenvalue weighted by atomic mass is 79.9. The summed E-state index contributed by atoms with van der Waals surface area (Å²) in [5.41, 5.74) is 1.37. The summed E-state index contributed by atoms with van der Waals surface area (Å²) in [6.45, 7) is 0. The Hall–Kier alpha value is -0.960. The molecule has 68 valence electrons. The lowest BCUT2D eigenvalue weighted by Gasteiger charge is -1.95. The van der Waals surface area contributed by atoms with Crippen LogP contribution in [0, 0.1) is 0 Å². The van der Waals surface area contributed by atoms with Crippen molar-refractivity contribution in [2.75, 3.05) is 5.33 Å². The second-order valence-electron chi connectivity index (χ2n) is 2.48. The van der Waals surface area contributed by atoms with Crippen molar-refractivity contribution >= 4 is 28.3 Å². The van der Waals surface area contributed by atoms with Crippen LogP contribution in [-0.4, -0.2) is 16.6 Å². The highest BCUT2D eigenvalue weighted by molar-refractivity contribution is 9.09. The third-order valence-electron chi connectivity index (χ3n) is 1.55. The molecular weight excluding hydrogens is 230 g/mol. The summed E-state index contributed by atoms with van der Waals surface area (Å²) in [5.74, 6) is 0. The summed E-state index contributed by atoms with van der Waals surface area (Å²) in [7, 11) is 0. The summed E-state index contributed by atoms with van der Waals surface area (Å²) < 4.78 is 0. The van der Waals surface area contributed by atoms with Gasteiger partial charge in [-0.3, -0.25) is 9.78 Å². The summed E-state index contributed by atoms with van der Waals surface area (Å²) in [5, 5.41) is 0.923. The van der Waals surface area contributed by atoms with Crippen LogP contribution < -0.4 is 0 Å². The van der Waals surface area contributed by atoms with E-state index < -0.39 is 0 Å². The zero-order valence-corrected chi connectivity index (χ0v) is 8.70. The predicted octanol–water partition coefficient (Wildman–Crippen LogP) is 2.69. The maximum Gasteiger partial charge on any atom is 0.152 e. The third kappa shape index (κ3) is 3.11. The number of carbonyl (C=O) groups is 1. The van der Waals surface area contributed by atoms with Crippen LogP contribution in [0.1, 0.15) is 22.5 Å². The number of aromatic nitrogens is 1. The van der Waals surface area contributed by atoms with Gasteiger partial charge < -0.3 is 0 Å². The van der Waals surface area contributed by atoms with Gasteiger partial charge in [0.15, 0.2) is 6.29 Å². The fourth-order valence-corrected chi connectivity index (χ4v) is 1.19. The normalized spacial score (nSPS) is 10.5. The van der Waals surface area contributed by atoms with Gasteiger partial charge in [0.05, 0.1) is 5.69 Å². The molecule has 0 radical (unpaired) electrons. The quantitative estimate of drug-likeness (QED) is 0.598. The van der Waals surface area contributed by atoms with E-state index in [1.165, 1.54) is 0 Å². The Morgan fingerprint density at radius 2 is 2.38 bits per heavy atom. The van der Waals surface area contributed by atoms with Gasteiger partial charge in [-0.05, 0) is 24.6 Å². The van der Waals surface area contributed by atoms with Crippen molar-refractivity contribution in [1.29, 1.82) is 0 Å². The Morgan fingerprint density at radius 1 is 1.54 bits per heavy atom. The topological polar surface area (TPSA) is 30.0 Å². The molecule has 13 heavy (non-hydrogen) atoms. The van der Waals surface area contributed by atoms with Crippen molar-refractivity contribution in [1.82, 2.24) is 4.98 Å². The number of aldehydes is 1. The first-order valence-corrected chi connectivity index (χ1v) is 5.13. The molecule has 0 aliphatic heterocycles. The second-order valence-corrected chi connectivity index (χ2v) is 3.27. The van der Waals surface area contributed by atoms with Crippen LogP contribution in [-0.2, 0) is 0 Å². The number of allylic oxidation sites excluding steroid dienone is 1. The molecule has 0 saturated heterocycles. The molecule has 0 unspecified atom stereocenters. The first-order valence-electron chi connectivity index (χ1n) is 4.01. The van der Waals surface area contributed by atoms with Gasteiger partial charge in [-0.1, -0.05) is 22.0 Å². The molecule has 2 nitrogen and oxygen atoms in total. The number of nitrogens with zero attached hydrogens (tertiary/aromatic N) is 1. The van der Waals surface area contributed by atoms with Crippen molar-refractivity contribution in [2.45, 2.75) is 6.42 Å². The zero-order valence-electron chi connectivity index (χ0n) is 7.11. The van der Waals surface area contributed by atoms with E-state index in [-0.39, 0.29) is 0 Å². The van der Waals surface area contributed by atoms with E-state index in [4.69, 9.17) is 0 Å². The van der Waals surface area contributed by atoms with Crippen molar-refractivity contribution in [3.63, 3.8) is 0 Å². The van der Waals surface area contributed by atoms with Gasteiger partial charge in [0, 0.05) is 17.1 Å². The molecule has 0 bridgehead atoms. The first-order chi connectivity index (χ1) is 6.38. The lowest BCUT2D eigenvalue weighted by Crippen LogP contribution is -1.88. The highest BCUT2D eigenvalue weighted by Crippen LogP contribution is 2.05. The number of halogens is 1. The molecule has 0 aromatic carbocycles. The summed E-state index contributed by atoms with van der Waals surface area (Å²) in [6, 6.07) is 3.51. The van der Waals surface area contributed by atoms with E-state index in [1.807, 2.05) is 12.2 Å². The predicted molar refractivity (Wildman–Crippen MR) is 57.1 cm³/mol. The molecule has 1 aromatic heterocycles. The summed E-state index contributed by atoms with van der Waals surface area (Å²) >= 11 is 3.32. The average Bonchev–Trinajstić information content (AvgIpc) is 2.19. The fourth-order valence-electron chi connectivity index (χ4n) is 0.927. The van der Waals surface area contributed by atoms with Crippen molar-refractivity contribution in [3.8, 4) is 0 Å². The first kappa shape index (κ1) is 10.1. The summed E-state index contributed by atoms with van der Waals surface area (Å²) in [4.78, 5) is 14.7.